The highest BCUT2D eigenvalue weighted by Gasteiger charge is 2.26. The van der Waals surface area contributed by atoms with Gasteiger partial charge >= 0.3 is 5.97 Å². The first-order valence-electron chi connectivity index (χ1n) is 7.14. The van der Waals surface area contributed by atoms with E-state index in [4.69, 9.17) is 9.47 Å². The van der Waals surface area contributed by atoms with Crippen LogP contribution in [0.4, 0.5) is 4.39 Å². The summed E-state index contributed by atoms with van der Waals surface area (Å²) in [5.74, 6) is -2.60. The minimum absolute atomic E-state index is 0.0136. The first-order valence-corrected chi connectivity index (χ1v) is 7.14. The topological polar surface area (TPSA) is 83.1 Å². The number of nitrogens with zero attached hydrogens (tertiary/aromatic N) is 2. The molecule has 0 aliphatic rings. The van der Waals surface area contributed by atoms with Crippen molar-refractivity contribution in [2.24, 2.45) is 0 Å². The number of benzene rings is 2. The number of hydrogen-bond donors (Lipinski definition) is 0. The lowest BCUT2D eigenvalue weighted by Gasteiger charge is -2.14. The number of halogens is 1. The molecule has 0 aromatic heterocycles. The zero-order valence-corrected chi connectivity index (χ0v) is 12.8. The quantitative estimate of drug-likeness (QED) is 0.784. The second-order valence-corrected chi connectivity index (χ2v) is 4.68. The van der Waals surface area contributed by atoms with Gasteiger partial charge in [0.25, 0.3) is 0 Å². The van der Waals surface area contributed by atoms with Gasteiger partial charge in [0, 0.05) is 5.56 Å². The van der Waals surface area contributed by atoms with Crippen molar-refractivity contribution in [1.82, 2.24) is 0 Å². The van der Waals surface area contributed by atoms with Crippen LogP contribution in [0.1, 0.15) is 24.0 Å². The van der Waals surface area contributed by atoms with Gasteiger partial charge in [-0.2, -0.15) is 10.5 Å². The molecule has 0 aliphatic carbocycles. The fraction of sp³-hybridized carbons (Fsp3) is 0.167. The minimum Gasteiger partial charge on any atom is -0.465 e. The third kappa shape index (κ3) is 3.50. The van der Waals surface area contributed by atoms with E-state index in [-0.39, 0.29) is 29.2 Å². The third-order valence-corrected chi connectivity index (χ3v) is 3.19. The molecular weight excluding hydrogens is 311 g/mol. The number of carbonyl (C=O) groups excluding carboxylic acids is 1. The lowest BCUT2D eigenvalue weighted by molar-refractivity contribution is -0.143. The van der Waals surface area contributed by atoms with Crippen LogP contribution in [0.2, 0.25) is 0 Å². The number of ether oxygens (including phenoxy) is 2. The van der Waals surface area contributed by atoms with Gasteiger partial charge in [-0.05, 0) is 25.1 Å². The molecule has 6 heteroatoms. The largest absolute Gasteiger partial charge is 0.465 e. The Kier molecular flexibility index (Phi) is 5.49. The first kappa shape index (κ1) is 17.0. The van der Waals surface area contributed by atoms with Crippen molar-refractivity contribution >= 4 is 5.97 Å². The third-order valence-electron chi connectivity index (χ3n) is 3.19. The Balaban J connectivity index is 2.46. The van der Waals surface area contributed by atoms with Crippen LogP contribution in [-0.2, 0) is 9.53 Å². The molecule has 0 spiro atoms. The molecule has 2 rings (SSSR count). The van der Waals surface area contributed by atoms with Crippen LogP contribution in [-0.4, -0.2) is 12.6 Å². The number of para-hydroxylation sites is 1. The van der Waals surface area contributed by atoms with Crippen LogP contribution >= 0.6 is 0 Å². The zero-order valence-electron chi connectivity index (χ0n) is 12.8. The molecule has 0 saturated heterocycles. The van der Waals surface area contributed by atoms with E-state index in [1.165, 1.54) is 36.4 Å². The van der Waals surface area contributed by atoms with Gasteiger partial charge in [0.2, 0.25) is 0 Å². The van der Waals surface area contributed by atoms with Gasteiger partial charge < -0.3 is 9.47 Å². The van der Waals surface area contributed by atoms with Crippen LogP contribution in [0.3, 0.4) is 0 Å². The number of nitriles is 2. The zero-order chi connectivity index (χ0) is 17.5. The van der Waals surface area contributed by atoms with Crippen molar-refractivity contribution in [2.45, 2.75) is 12.8 Å². The molecule has 5 nitrogen and oxygen atoms in total. The first-order chi connectivity index (χ1) is 11.6. The van der Waals surface area contributed by atoms with Crippen molar-refractivity contribution < 1.29 is 18.7 Å². The number of rotatable bonds is 5. The van der Waals surface area contributed by atoms with Gasteiger partial charge in [0.05, 0.1) is 18.2 Å². The maximum atomic E-state index is 13.7. The summed E-state index contributed by atoms with van der Waals surface area (Å²) < 4.78 is 24.0. The monoisotopic (exact) mass is 324 g/mol. The summed E-state index contributed by atoms with van der Waals surface area (Å²) in [6, 6.07) is 13.9. The van der Waals surface area contributed by atoms with Crippen LogP contribution in [0, 0.1) is 28.5 Å². The predicted molar refractivity (Wildman–Crippen MR) is 82.6 cm³/mol. The summed E-state index contributed by atoms with van der Waals surface area (Å²) in [6.07, 6.45) is 0. The summed E-state index contributed by atoms with van der Waals surface area (Å²) in [6.45, 7) is 1.74. The molecule has 24 heavy (non-hydrogen) atoms. The molecule has 0 heterocycles. The van der Waals surface area contributed by atoms with Crippen molar-refractivity contribution in [2.75, 3.05) is 6.61 Å². The van der Waals surface area contributed by atoms with E-state index in [0.717, 1.165) is 0 Å². The molecule has 2 aromatic rings. The maximum Gasteiger partial charge on any atom is 0.327 e. The summed E-state index contributed by atoms with van der Waals surface area (Å²) in [7, 11) is 0. The average molecular weight is 324 g/mol. The lowest BCUT2D eigenvalue weighted by Crippen LogP contribution is -2.15. The van der Waals surface area contributed by atoms with Gasteiger partial charge in [-0.15, -0.1) is 0 Å². The fourth-order valence-corrected chi connectivity index (χ4v) is 2.11. The van der Waals surface area contributed by atoms with Gasteiger partial charge in [0.15, 0.2) is 17.5 Å². The molecule has 0 N–H and O–H groups in total. The number of carbonyl (C=O) groups is 1. The Bertz CT molecular complexity index is 837. The van der Waals surface area contributed by atoms with Gasteiger partial charge in [-0.3, -0.25) is 4.79 Å². The smallest absolute Gasteiger partial charge is 0.327 e. The molecule has 2 aromatic carbocycles. The molecule has 1 atom stereocenters. The Morgan fingerprint density at radius 3 is 2.50 bits per heavy atom. The minimum atomic E-state index is -1.26. The summed E-state index contributed by atoms with van der Waals surface area (Å²) in [5, 5.41) is 18.7. The van der Waals surface area contributed by atoms with Crippen LogP contribution in [0.5, 0.6) is 11.5 Å². The molecular formula is C18H13FN2O3. The Hall–Kier alpha value is -3.38. The standard InChI is InChI=1S/C18H13FN2O3/c1-2-23-18(22)14(11-21)12-6-5-9-16(13(12)10-20)24-17-8-4-3-7-15(17)19/h3-9,14H,2H2,1H3. The Labute approximate surface area is 138 Å². The van der Waals surface area contributed by atoms with Crippen LogP contribution < -0.4 is 4.74 Å². The predicted octanol–water partition coefficient (Wildman–Crippen LogP) is 3.66. The molecule has 0 bridgehead atoms. The summed E-state index contributed by atoms with van der Waals surface area (Å²) >= 11 is 0. The van der Waals surface area contributed by atoms with Crippen molar-refractivity contribution in [3.05, 3.63) is 59.4 Å². The SMILES string of the molecule is CCOC(=O)C(C#N)c1cccc(Oc2ccccc2F)c1C#N. The highest BCUT2D eigenvalue weighted by atomic mass is 19.1. The summed E-state index contributed by atoms with van der Waals surface area (Å²) in [4.78, 5) is 11.9. The van der Waals surface area contributed by atoms with E-state index >= 15 is 0 Å². The molecule has 0 fully saturated rings. The van der Waals surface area contributed by atoms with E-state index in [9.17, 15) is 19.7 Å². The molecule has 0 aliphatic heterocycles. The molecule has 1 unspecified atom stereocenters. The van der Waals surface area contributed by atoms with Gasteiger partial charge in [0.1, 0.15) is 11.8 Å². The highest BCUT2D eigenvalue weighted by Crippen LogP contribution is 2.32. The molecule has 0 saturated carbocycles. The van der Waals surface area contributed by atoms with E-state index in [0.29, 0.717) is 0 Å². The summed E-state index contributed by atoms with van der Waals surface area (Å²) in [5.41, 5.74) is 0.146. The lowest BCUT2D eigenvalue weighted by atomic mass is 9.95. The molecule has 120 valence electrons. The van der Waals surface area contributed by atoms with Crippen molar-refractivity contribution in [3.8, 4) is 23.6 Å². The van der Waals surface area contributed by atoms with E-state index in [2.05, 4.69) is 0 Å². The van der Waals surface area contributed by atoms with Crippen LogP contribution in [0.25, 0.3) is 0 Å². The van der Waals surface area contributed by atoms with Crippen molar-refractivity contribution in [3.63, 3.8) is 0 Å². The Morgan fingerprint density at radius 2 is 1.88 bits per heavy atom. The van der Waals surface area contributed by atoms with E-state index in [1.54, 1.807) is 13.0 Å². The fourth-order valence-electron chi connectivity index (χ4n) is 2.11. The van der Waals surface area contributed by atoms with Gasteiger partial charge in [-0.25, -0.2) is 4.39 Å². The van der Waals surface area contributed by atoms with Gasteiger partial charge in [-0.1, -0.05) is 24.3 Å². The maximum absolute atomic E-state index is 13.7. The second-order valence-electron chi connectivity index (χ2n) is 4.68. The molecule has 0 radical (unpaired) electrons. The second kappa shape index (κ2) is 7.75. The van der Waals surface area contributed by atoms with E-state index < -0.39 is 17.7 Å². The Morgan fingerprint density at radius 1 is 1.17 bits per heavy atom. The number of esters is 1. The molecule has 0 amide bonds. The van der Waals surface area contributed by atoms with E-state index in [1.807, 2.05) is 12.1 Å². The number of hydrogen-bond acceptors (Lipinski definition) is 5. The highest BCUT2D eigenvalue weighted by molar-refractivity contribution is 5.82. The average Bonchev–Trinajstić information content (AvgIpc) is 2.58. The normalized spacial score (nSPS) is 11.0. The van der Waals surface area contributed by atoms with Crippen LogP contribution in [0.15, 0.2) is 42.5 Å². The van der Waals surface area contributed by atoms with Crippen molar-refractivity contribution in [1.29, 1.82) is 10.5 Å².